The van der Waals surface area contributed by atoms with Gasteiger partial charge in [0.15, 0.2) is 0 Å². The number of nitrogens with one attached hydrogen (secondary N) is 2. The lowest BCUT2D eigenvalue weighted by Gasteiger charge is -2.12. The van der Waals surface area contributed by atoms with Crippen molar-refractivity contribution < 1.29 is 22.7 Å². The van der Waals surface area contributed by atoms with E-state index < -0.39 is 18.0 Å². The number of H-pyrrole nitrogens is 1. The van der Waals surface area contributed by atoms with Crippen molar-refractivity contribution in [3.8, 4) is 11.8 Å². The van der Waals surface area contributed by atoms with Crippen LogP contribution in [0.25, 0.3) is 5.57 Å². The van der Waals surface area contributed by atoms with Crippen LogP contribution in [0.2, 0.25) is 0 Å². The van der Waals surface area contributed by atoms with Crippen LogP contribution in [0.5, 0.6) is 5.75 Å². The monoisotopic (exact) mass is 339 g/mol. The van der Waals surface area contributed by atoms with Crippen molar-refractivity contribution in [3.05, 3.63) is 35.8 Å². The molecular formula is C12H8F3N7O2. The average molecular weight is 339 g/mol. The van der Waals surface area contributed by atoms with Crippen LogP contribution in [0, 0.1) is 11.3 Å². The van der Waals surface area contributed by atoms with Gasteiger partial charge in [-0.05, 0) is 17.3 Å². The van der Waals surface area contributed by atoms with Crippen LogP contribution in [-0.4, -0.2) is 32.9 Å². The molecule has 0 fully saturated rings. The molecule has 0 saturated carbocycles. The molecule has 12 heteroatoms. The lowest BCUT2D eigenvalue weighted by molar-refractivity contribution is -0.274. The van der Waals surface area contributed by atoms with Crippen LogP contribution in [0.4, 0.5) is 18.9 Å². The third-order valence-electron chi connectivity index (χ3n) is 2.57. The summed E-state index contributed by atoms with van der Waals surface area (Å²) in [5.41, 5.74) is 4.87. The number of nitrogens with two attached hydrogens (primary N) is 1. The molecule has 1 amide bonds. The summed E-state index contributed by atoms with van der Waals surface area (Å²) in [5.74, 6) is -1.50. The van der Waals surface area contributed by atoms with Crippen molar-refractivity contribution in [2.24, 2.45) is 5.73 Å². The highest BCUT2D eigenvalue weighted by Crippen LogP contribution is 2.28. The lowest BCUT2D eigenvalue weighted by Crippen LogP contribution is -2.18. The van der Waals surface area contributed by atoms with Gasteiger partial charge in [0.25, 0.3) is 5.91 Å². The van der Waals surface area contributed by atoms with Crippen LogP contribution in [0.15, 0.2) is 24.4 Å². The van der Waals surface area contributed by atoms with E-state index >= 15 is 0 Å². The summed E-state index contributed by atoms with van der Waals surface area (Å²) in [6, 6.07) is 4.67. The van der Waals surface area contributed by atoms with Gasteiger partial charge in [-0.25, -0.2) is 0 Å². The molecular weight excluding hydrogens is 331 g/mol. The molecule has 4 N–H and O–H groups in total. The fourth-order valence-electron chi connectivity index (χ4n) is 1.63. The Hall–Kier alpha value is -3.62. The Balaban J connectivity index is 2.34. The van der Waals surface area contributed by atoms with Crippen LogP contribution in [0.3, 0.4) is 0 Å². The number of carbonyl (C=O) groups excluding carboxylic acids is 1. The number of carbonyl (C=O) groups is 1. The number of hydrogen-bond donors (Lipinski definition) is 3. The lowest BCUT2D eigenvalue weighted by atomic mass is 10.1. The summed E-state index contributed by atoms with van der Waals surface area (Å²) in [6.07, 6.45) is -3.81. The summed E-state index contributed by atoms with van der Waals surface area (Å²) >= 11 is 0. The number of nitriles is 1. The summed E-state index contributed by atoms with van der Waals surface area (Å²) in [4.78, 5) is 11.4. The van der Waals surface area contributed by atoms with E-state index in [9.17, 15) is 18.0 Å². The first-order valence-corrected chi connectivity index (χ1v) is 6.10. The van der Waals surface area contributed by atoms with E-state index in [2.05, 4.69) is 30.7 Å². The first-order valence-electron chi connectivity index (χ1n) is 6.10. The number of amides is 1. The third-order valence-corrected chi connectivity index (χ3v) is 2.57. The molecule has 0 unspecified atom stereocenters. The Morgan fingerprint density at radius 2 is 2.21 bits per heavy atom. The topological polar surface area (TPSA) is 143 Å². The molecule has 0 aliphatic carbocycles. The number of rotatable bonds is 5. The number of alkyl halides is 3. The number of aromatic nitrogens is 4. The van der Waals surface area contributed by atoms with E-state index in [1.165, 1.54) is 0 Å². The fourth-order valence-corrected chi connectivity index (χ4v) is 1.63. The van der Waals surface area contributed by atoms with Gasteiger partial charge in [-0.1, -0.05) is 0 Å². The summed E-state index contributed by atoms with van der Waals surface area (Å²) < 4.78 is 40.6. The first-order chi connectivity index (χ1) is 11.3. The van der Waals surface area contributed by atoms with Crippen molar-refractivity contribution in [1.29, 1.82) is 5.26 Å². The van der Waals surface area contributed by atoms with E-state index in [1.807, 2.05) is 0 Å². The minimum atomic E-state index is -4.90. The summed E-state index contributed by atoms with van der Waals surface area (Å²) in [5, 5.41) is 24.1. The number of primary amides is 1. The molecule has 2 rings (SSSR count). The largest absolute Gasteiger partial charge is 0.573 e. The Kier molecular flexibility index (Phi) is 4.64. The normalized spacial score (nSPS) is 11.7. The van der Waals surface area contributed by atoms with E-state index in [0.29, 0.717) is 0 Å². The molecule has 1 aromatic carbocycles. The van der Waals surface area contributed by atoms with Crippen LogP contribution >= 0.6 is 0 Å². The predicted octanol–water partition coefficient (Wildman–Crippen LogP) is 1.17. The van der Waals surface area contributed by atoms with Crippen molar-refractivity contribution in [1.82, 2.24) is 20.6 Å². The molecule has 124 valence electrons. The van der Waals surface area contributed by atoms with E-state index in [1.54, 1.807) is 6.07 Å². The van der Waals surface area contributed by atoms with Gasteiger partial charge < -0.3 is 15.8 Å². The zero-order valence-corrected chi connectivity index (χ0v) is 11.6. The minimum Gasteiger partial charge on any atom is -0.406 e. The minimum absolute atomic E-state index is 0.0479. The molecule has 0 spiro atoms. The fraction of sp³-hybridized carbons (Fsp3) is 0.0833. The van der Waals surface area contributed by atoms with Crippen LogP contribution < -0.4 is 15.8 Å². The molecule has 2 aromatic rings. The van der Waals surface area contributed by atoms with E-state index in [4.69, 9.17) is 11.0 Å². The maximum absolute atomic E-state index is 12.3. The molecule has 0 saturated heterocycles. The zero-order chi connectivity index (χ0) is 17.7. The Bertz CT molecular complexity index is 809. The number of tetrazole rings is 1. The number of anilines is 1. The van der Waals surface area contributed by atoms with Crippen molar-refractivity contribution in [3.63, 3.8) is 0 Å². The molecule has 1 heterocycles. The molecule has 1 aromatic heterocycles. The molecule has 0 bridgehead atoms. The zero-order valence-electron chi connectivity index (χ0n) is 11.6. The van der Waals surface area contributed by atoms with Gasteiger partial charge in [0, 0.05) is 12.3 Å². The molecule has 0 atom stereocenters. The van der Waals surface area contributed by atoms with Crippen LogP contribution in [-0.2, 0) is 0 Å². The quantitative estimate of drug-likeness (QED) is 0.694. The number of ether oxygens (including phenoxy) is 1. The average Bonchev–Trinajstić information content (AvgIpc) is 3.00. The van der Waals surface area contributed by atoms with Gasteiger partial charge in [0.05, 0.1) is 11.3 Å². The second kappa shape index (κ2) is 6.65. The van der Waals surface area contributed by atoms with E-state index in [0.717, 1.165) is 24.4 Å². The number of benzene rings is 1. The number of hydrogen-bond acceptors (Lipinski definition) is 7. The maximum Gasteiger partial charge on any atom is 0.573 e. The highest BCUT2D eigenvalue weighted by Gasteiger charge is 2.31. The molecule has 24 heavy (non-hydrogen) atoms. The van der Waals surface area contributed by atoms with Gasteiger partial charge >= 0.3 is 6.36 Å². The second-order valence-electron chi connectivity index (χ2n) is 4.17. The Morgan fingerprint density at radius 3 is 2.75 bits per heavy atom. The predicted molar refractivity (Wildman–Crippen MR) is 73.0 cm³/mol. The smallest absolute Gasteiger partial charge is 0.406 e. The molecule has 9 nitrogen and oxygen atoms in total. The summed E-state index contributed by atoms with van der Waals surface area (Å²) in [6.45, 7) is 0. The van der Waals surface area contributed by atoms with E-state index in [-0.39, 0.29) is 22.6 Å². The Morgan fingerprint density at radius 1 is 1.46 bits per heavy atom. The highest BCUT2D eigenvalue weighted by molar-refractivity contribution is 5.99. The third kappa shape index (κ3) is 4.19. The number of halogens is 3. The molecule has 0 aliphatic rings. The first kappa shape index (κ1) is 16.7. The Labute approximate surface area is 131 Å². The van der Waals surface area contributed by atoms with Crippen molar-refractivity contribution >= 4 is 17.2 Å². The van der Waals surface area contributed by atoms with Gasteiger partial charge in [0.2, 0.25) is 5.82 Å². The number of allylic oxidation sites excluding steroid dienone is 1. The van der Waals surface area contributed by atoms with Crippen molar-refractivity contribution in [2.75, 3.05) is 5.32 Å². The highest BCUT2D eigenvalue weighted by atomic mass is 19.4. The maximum atomic E-state index is 12.3. The van der Waals surface area contributed by atoms with Gasteiger partial charge in [-0.2, -0.15) is 10.5 Å². The van der Waals surface area contributed by atoms with Gasteiger partial charge in [-0.15, -0.1) is 23.4 Å². The number of nitrogens with zero attached hydrogens (tertiary/aromatic N) is 4. The van der Waals surface area contributed by atoms with Crippen LogP contribution in [0.1, 0.15) is 16.2 Å². The standard InChI is InChI=1S/C12H8F3N7O2/c13-12(14,15)24-7-1-2-8(10(17)23)9(3-7)18-5-6(4-16)11-19-21-22-20-11/h1-3,5,18H,(H2,17,23)(H,19,20,21,22). The SMILES string of the molecule is N#CC(=CNc1cc(OC(F)(F)F)ccc1C(N)=O)c1nn[nH]n1. The van der Waals surface area contributed by atoms with Gasteiger partial charge in [0.1, 0.15) is 17.4 Å². The second-order valence-corrected chi connectivity index (χ2v) is 4.17. The van der Waals surface area contributed by atoms with Crippen molar-refractivity contribution in [2.45, 2.75) is 6.36 Å². The molecule has 0 aliphatic heterocycles. The number of aromatic amines is 1. The summed E-state index contributed by atoms with van der Waals surface area (Å²) in [7, 11) is 0. The molecule has 0 radical (unpaired) electrons. The van der Waals surface area contributed by atoms with Gasteiger partial charge in [-0.3, -0.25) is 4.79 Å².